The molecule has 0 unspecified atom stereocenters. The highest BCUT2D eigenvalue weighted by Gasteiger charge is 2.39. The maximum atomic E-state index is 15.0. The van der Waals surface area contributed by atoms with Crippen LogP contribution in [0.15, 0.2) is 66.7 Å². The van der Waals surface area contributed by atoms with Gasteiger partial charge in [0.15, 0.2) is 11.5 Å². The summed E-state index contributed by atoms with van der Waals surface area (Å²) in [6.07, 6.45) is 1.73. The first-order chi connectivity index (χ1) is 17.4. The van der Waals surface area contributed by atoms with Crippen molar-refractivity contribution >= 4 is 24.0 Å². The average molecular weight is 513 g/mol. The molecule has 2 atom stereocenters. The summed E-state index contributed by atoms with van der Waals surface area (Å²) in [5.74, 6) is 0.722. The lowest BCUT2D eigenvalue weighted by Gasteiger charge is -2.31. The molecule has 3 rings (SSSR count). The number of para-hydroxylation sites is 1. The SMILES string of the molecule is CCCCO[P@@](=O)(c1ccc(N(C)C)cc1)[C@H](Nc1ccccc1)c1cc(OC)c(OC)c(OC)c1. The Balaban J connectivity index is 2.22. The first-order valence-corrected chi connectivity index (χ1v) is 13.7. The molecule has 0 radical (unpaired) electrons. The molecule has 0 aliphatic carbocycles. The number of unbranched alkanes of at least 4 members (excludes halogenated alkanes) is 1. The van der Waals surface area contributed by atoms with Crippen molar-refractivity contribution in [2.24, 2.45) is 0 Å². The van der Waals surface area contributed by atoms with Gasteiger partial charge in [-0.1, -0.05) is 31.5 Å². The summed E-state index contributed by atoms with van der Waals surface area (Å²) in [6.45, 7) is 2.46. The summed E-state index contributed by atoms with van der Waals surface area (Å²) in [6, 6.07) is 21.0. The molecule has 0 amide bonds. The molecule has 0 fully saturated rings. The van der Waals surface area contributed by atoms with Crippen LogP contribution in [0.25, 0.3) is 0 Å². The third kappa shape index (κ3) is 6.15. The van der Waals surface area contributed by atoms with Crippen LogP contribution < -0.4 is 29.7 Å². The zero-order valence-electron chi connectivity index (χ0n) is 22.0. The van der Waals surface area contributed by atoms with E-state index in [4.69, 9.17) is 18.7 Å². The molecule has 0 heterocycles. The molecule has 7 nitrogen and oxygen atoms in total. The van der Waals surface area contributed by atoms with Gasteiger partial charge in [-0.15, -0.1) is 0 Å². The van der Waals surface area contributed by atoms with Crippen LogP contribution >= 0.6 is 7.37 Å². The van der Waals surface area contributed by atoms with Crippen LogP contribution in [0.2, 0.25) is 0 Å². The number of hydrogen-bond acceptors (Lipinski definition) is 7. The molecule has 3 aromatic carbocycles. The third-order valence-corrected chi connectivity index (χ3v) is 8.62. The molecule has 1 N–H and O–H groups in total. The van der Waals surface area contributed by atoms with Crippen molar-refractivity contribution in [1.82, 2.24) is 0 Å². The van der Waals surface area contributed by atoms with Gasteiger partial charge in [0.05, 0.1) is 27.9 Å². The van der Waals surface area contributed by atoms with Crippen molar-refractivity contribution in [3.8, 4) is 17.2 Å². The summed E-state index contributed by atoms with van der Waals surface area (Å²) >= 11 is 0. The Bertz CT molecular complexity index is 1130. The second kappa shape index (κ2) is 12.7. The Labute approximate surface area is 214 Å². The smallest absolute Gasteiger partial charge is 0.258 e. The van der Waals surface area contributed by atoms with Crippen LogP contribution in [-0.4, -0.2) is 42.0 Å². The van der Waals surface area contributed by atoms with Crippen molar-refractivity contribution in [2.75, 3.05) is 52.2 Å². The number of nitrogens with zero attached hydrogens (tertiary/aromatic N) is 1. The highest BCUT2D eigenvalue weighted by atomic mass is 31.2. The largest absolute Gasteiger partial charge is 0.493 e. The van der Waals surface area contributed by atoms with E-state index in [2.05, 4.69) is 12.2 Å². The van der Waals surface area contributed by atoms with Crippen LogP contribution in [0, 0.1) is 0 Å². The molecule has 194 valence electrons. The topological polar surface area (TPSA) is 69.3 Å². The van der Waals surface area contributed by atoms with E-state index in [0.717, 1.165) is 24.2 Å². The Morgan fingerprint density at radius 2 is 1.50 bits per heavy atom. The van der Waals surface area contributed by atoms with Gasteiger partial charge in [0.1, 0.15) is 5.78 Å². The molecule has 8 heteroatoms. The van der Waals surface area contributed by atoms with Crippen molar-refractivity contribution in [1.29, 1.82) is 0 Å². The van der Waals surface area contributed by atoms with E-state index < -0.39 is 13.2 Å². The lowest BCUT2D eigenvalue weighted by molar-refractivity contribution is 0.307. The van der Waals surface area contributed by atoms with Gasteiger partial charge in [0, 0.05) is 30.8 Å². The van der Waals surface area contributed by atoms with E-state index in [1.807, 2.05) is 85.7 Å². The number of hydrogen-bond donors (Lipinski definition) is 1. The maximum absolute atomic E-state index is 15.0. The predicted molar refractivity (Wildman–Crippen MR) is 148 cm³/mol. The summed E-state index contributed by atoms with van der Waals surface area (Å²) in [4.78, 5) is 2.01. The fourth-order valence-corrected chi connectivity index (χ4v) is 6.34. The molecule has 0 saturated heterocycles. The van der Waals surface area contributed by atoms with E-state index >= 15 is 4.57 Å². The Morgan fingerprint density at radius 3 is 2.00 bits per heavy atom. The Morgan fingerprint density at radius 1 is 0.889 bits per heavy atom. The Kier molecular flexibility index (Phi) is 9.68. The molecular formula is C28H37N2O5P. The first-order valence-electron chi connectivity index (χ1n) is 12.0. The number of benzene rings is 3. The van der Waals surface area contributed by atoms with Crippen molar-refractivity contribution in [3.63, 3.8) is 0 Å². The van der Waals surface area contributed by atoms with Gasteiger partial charge < -0.3 is 29.0 Å². The Hall–Kier alpha value is -3.15. The number of methoxy groups -OCH3 is 3. The molecule has 0 bridgehead atoms. The molecular weight excluding hydrogens is 475 g/mol. The molecule has 0 aliphatic rings. The molecule has 36 heavy (non-hydrogen) atoms. The van der Waals surface area contributed by atoms with E-state index in [-0.39, 0.29) is 0 Å². The predicted octanol–water partition coefficient (Wildman–Crippen LogP) is 6.31. The summed E-state index contributed by atoms with van der Waals surface area (Å²) in [5, 5.41) is 4.12. The second-order valence-electron chi connectivity index (χ2n) is 8.57. The van der Waals surface area contributed by atoms with E-state index in [1.165, 1.54) is 0 Å². The van der Waals surface area contributed by atoms with Gasteiger partial charge in [0.2, 0.25) is 5.75 Å². The van der Waals surface area contributed by atoms with Gasteiger partial charge in [-0.3, -0.25) is 4.57 Å². The van der Waals surface area contributed by atoms with Gasteiger partial charge in [-0.05, 0) is 60.5 Å². The third-order valence-electron chi connectivity index (χ3n) is 5.93. The number of anilines is 2. The molecule has 0 saturated carbocycles. The second-order valence-corrected chi connectivity index (χ2v) is 11.1. The van der Waals surface area contributed by atoms with Gasteiger partial charge in [0.25, 0.3) is 7.37 Å². The van der Waals surface area contributed by atoms with Crippen LogP contribution in [0.1, 0.15) is 31.1 Å². The quantitative estimate of drug-likeness (QED) is 0.213. The van der Waals surface area contributed by atoms with Gasteiger partial charge >= 0.3 is 0 Å². The first kappa shape index (κ1) is 27.4. The highest BCUT2D eigenvalue weighted by molar-refractivity contribution is 7.67. The number of nitrogens with one attached hydrogen (secondary N) is 1. The normalized spacial score (nSPS) is 13.4. The fourth-order valence-electron chi connectivity index (χ4n) is 3.92. The fraction of sp³-hybridized carbons (Fsp3) is 0.357. The van der Waals surface area contributed by atoms with Crippen LogP contribution in [0.4, 0.5) is 11.4 Å². The molecule has 0 aromatic heterocycles. The summed E-state index contributed by atoms with van der Waals surface area (Å²) in [5.41, 5.74) is 2.53. The highest BCUT2D eigenvalue weighted by Crippen LogP contribution is 2.60. The number of ether oxygens (including phenoxy) is 3. The standard InChI is InChI=1S/C28H37N2O5P/c1-7-8-18-35-36(31,24-16-14-23(15-17-24)30(2)3)28(29-22-12-10-9-11-13-22)21-19-25(32-4)27(34-6)26(20-21)33-5/h9-17,19-20,28-29H,7-8,18H2,1-6H3/t28-,36-/m0/s1. The summed E-state index contributed by atoms with van der Waals surface area (Å²) < 4.78 is 38.1. The van der Waals surface area contributed by atoms with Crippen molar-refractivity contribution in [3.05, 3.63) is 72.3 Å². The molecule has 0 aliphatic heterocycles. The van der Waals surface area contributed by atoms with Crippen LogP contribution in [0.3, 0.4) is 0 Å². The minimum atomic E-state index is -3.51. The van der Waals surface area contributed by atoms with E-state index in [0.29, 0.717) is 34.7 Å². The number of rotatable bonds is 13. The average Bonchev–Trinajstić information content (AvgIpc) is 2.91. The van der Waals surface area contributed by atoms with Crippen LogP contribution in [0.5, 0.6) is 17.2 Å². The van der Waals surface area contributed by atoms with Crippen molar-refractivity contribution < 1.29 is 23.3 Å². The monoisotopic (exact) mass is 512 g/mol. The maximum Gasteiger partial charge on any atom is 0.258 e. The van der Waals surface area contributed by atoms with Crippen LogP contribution in [-0.2, 0) is 9.09 Å². The lowest BCUT2D eigenvalue weighted by Crippen LogP contribution is -2.21. The molecule has 3 aromatic rings. The zero-order chi connectivity index (χ0) is 26.1. The van der Waals surface area contributed by atoms with Gasteiger partial charge in [-0.25, -0.2) is 0 Å². The van der Waals surface area contributed by atoms with E-state index in [9.17, 15) is 0 Å². The van der Waals surface area contributed by atoms with Gasteiger partial charge in [-0.2, -0.15) is 0 Å². The van der Waals surface area contributed by atoms with E-state index in [1.54, 1.807) is 21.3 Å². The minimum absolute atomic E-state index is 0.376. The molecule has 0 spiro atoms. The zero-order valence-corrected chi connectivity index (χ0v) is 22.9. The lowest BCUT2D eigenvalue weighted by atomic mass is 10.1. The summed E-state index contributed by atoms with van der Waals surface area (Å²) in [7, 11) is 5.13. The minimum Gasteiger partial charge on any atom is -0.493 e. The van der Waals surface area contributed by atoms with Crippen molar-refractivity contribution in [2.45, 2.75) is 25.5 Å².